The molecule has 1 N–H and O–H groups in total. The summed E-state index contributed by atoms with van der Waals surface area (Å²) in [5.41, 5.74) is 2.67. The van der Waals surface area contributed by atoms with Crippen LogP contribution in [0.5, 0.6) is 5.75 Å². The number of fused-ring (bicyclic) bond motifs is 2. The summed E-state index contributed by atoms with van der Waals surface area (Å²) in [6.45, 7) is 5.75. The van der Waals surface area contributed by atoms with Crippen molar-refractivity contribution in [2.75, 3.05) is 18.5 Å². The fourth-order valence-electron chi connectivity index (χ4n) is 4.30. The van der Waals surface area contributed by atoms with E-state index in [9.17, 15) is 4.79 Å². The maximum atomic E-state index is 13.5. The Morgan fingerprint density at radius 1 is 0.903 bits per heavy atom. The summed E-state index contributed by atoms with van der Waals surface area (Å²) in [4.78, 5) is 15.5. The van der Waals surface area contributed by atoms with Gasteiger partial charge in [0.2, 0.25) is 0 Å². The van der Waals surface area contributed by atoms with Crippen molar-refractivity contribution in [3.05, 3.63) is 71.8 Å². The van der Waals surface area contributed by atoms with E-state index in [2.05, 4.69) is 55.6 Å². The molecule has 1 unspecified atom stereocenters. The predicted molar refractivity (Wildman–Crippen MR) is 128 cm³/mol. The highest BCUT2D eigenvalue weighted by Crippen LogP contribution is 2.40. The quantitative estimate of drug-likeness (QED) is 0.391. The van der Waals surface area contributed by atoms with E-state index >= 15 is 0 Å². The van der Waals surface area contributed by atoms with Gasteiger partial charge in [-0.1, -0.05) is 75.6 Å². The van der Waals surface area contributed by atoms with E-state index < -0.39 is 0 Å². The normalized spacial score (nSPS) is 15.6. The van der Waals surface area contributed by atoms with Gasteiger partial charge in [-0.3, -0.25) is 4.79 Å². The van der Waals surface area contributed by atoms with Gasteiger partial charge in [0.25, 0.3) is 5.91 Å². The molecule has 1 atom stereocenters. The number of hydrogen-bond acceptors (Lipinski definition) is 3. The van der Waals surface area contributed by atoms with Gasteiger partial charge in [-0.2, -0.15) is 0 Å². The molecule has 0 spiro atoms. The lowest BCUT2D eigenvalue weighted by molar-refractivity contribution is 0.0679. The predicted octanol–water partition coefficient (Wildman–Crippen LogP) is 6.78. The van der Waals surface area contributed by atoms with Crippen LogP contribution in [0.15, 0.2) is 60.7 Å². The Labute approximate surface area is 185 Å². The molecule has 4 nitrogen and oxygen atoms in total. The Morgan fingerprint density at radius 2 is 1.68 bits per heavy atom. The minimum Gasteiger partial charge on any atom is -0.493 e. The molecule has 3 aromatic carbocycles. The molecule has 1 aliphatic rings. The highest BCUT2D eigenvalue weighted by Gasteiger charge is 2.35. The van der Waals surface area contributed by atoms with E-state index in [1.165, 1.54) is 0 Å². The van der Waals surface area contributed by atoms with E-state index in [1.807, 2.05) is 29.2 Å². The average Bonchev–Trinajstić information content (AvgIpc) is 2.81. The fraction of sp³-hybridized carbons (Fsp3) is 0.370. The van der Waals surface area contributed by atoms with E-state index in [0.29, 0.717) is 13.2 Å². The number of nitrogens with zero attached hydrogens (tertiary/aromatic N) is 1. The lowest BCUT2D eigenvalue weighted by Crippen LogP contribution is -2.43. The number of carbonyl (C=O) groups is 1. The molecule has 4 rings (SSSR count). The van der Waals surface area contributed by atoms with Crippen molar-refractivity contribution >= 4 is 22.4 Å². The highest BCUT2D eigenvalue weighted by atomic mass is 16.5. The Morgan fingerprint density at radius 3 is 2.52 bits per heavy atom. The van der Waals surface area contributed by atoms with Gasteiger partial charge in [-0.25, -0.2) is 0 Å². The average molecular weight is 417 g/mol. The zero-order chi connectivity index (χ0) is 21.6. The minimum atomic E-state index is -0.263. The second kappa shape index (κ2) is 9.86. The van der Waals surface area contributed by atoms with E-state index in [1.54, 1.807) is 0 Å². The van der Waals surface area contributed by atoms with Crippen LogP contribution in [0.3, 0.4) is 0 Å². The first-order valence-corrected chi connectivity index (χ1v) is 11.6. The van der Waals surface area contributed by atoms with Gasteiger partial charge < -0.3 is 15.0 Å². The van der Waals surface area contributed by atoms with Gasteiger partial charge in [0.05, 0.1) is 12.2 Å². The highest BCUT2D eigenvalue weighted by molar-refractivity contribution is 6.02. The van der Waals surface area contributed by atoms with Crippen molar-refractivity contribution in [3.63, 3.8) is 0 Å². The number of ether oxygens (including phenoxy) is 1. The van der Waals surface area contributed by atoms with Crippen molar-refractivity contribution in [1.29, 1.82) is 0 Å². The number of anilines is 1. The summed E-state index contributed by atoms with van der Waals surface area (Å²) in [6, 6.07) is 20.3. The molecule has 3 aromatic rings. The topological polar surface area (TPSA) is 41.6 Å². The van der Waals surface area contributed by atoms with Crippen LogP contribution in [-0.4, -0.2) is 24.0 Å². The molecule has 1 heterocycles. The van der Waals surface area contributed by atoms with Gasteiger partial charge in [0.1, 0.15) is 11.9 Å². The molecule has 4 heteroatoms. The molecule has 0 saturated carbocycles. The van der Waals surface area contributed by atoms with E-state index in [0.717, 1.165) is 65.4 Å². The van der Waals surface area contributed by atoms with Gasteiger partial charge in [-0.15, -0.1) is 0 Å². The van der Waals surface area contributed by atoms with Crippen LogP contribution in [-0.2, 0) is 0 Å². The van der Waals surface area contributed by atoms with Gasteiger partial charge in [0, 0.05) is 17.8 Å². The van der Waals surface area contributed by atoms with Crippen LogP contribution >= 0.6 is 0 Å². The minimum absolute atomic E-state index is 0.0812. The van der Waals surface area contributed by atoms with Gasteiger partial charge in [-0.05, 0) is 41.8 Å². The van der Waals surface area contributed by atoms with Crippen LogP contribution in [0, 0.1) is 0 Å². The van der Waals surface area contributed by atoms with Crippen molar-refractivity contribution in [1.82, 2.24) is 4.90 Å². The Bertz CT molecular complexity index is 1050. The van der Waals surface area contributed by atoms with Crippen LogP contribution < -0.4 is 10.1 Å². The molecule has 0 saturated heterocycles. The summed E-state index contributed by atoms with van der Waals surface area (Å²) in [6.07, 6.45) is 5.08. The smallest absolute Gasteiger partial charge is 0.257 e. The first-order chi connectivity index (χ1) is 15.2. The third-order valence-corrected chi connectivity index (χ3v) is 5.98. The number of amides is 1. The Kier molecular flexibility index (Phi) is 6.76. The molecule has 0 fully saturated rings. The van der Waals surface area contributed by atoms with Crippen LogP contribution in [0.4, 0.5) is 5.69 Å². The monoisotopic (exact) mass is 416 g/mol. The zero-order valence-electron chi connectivity index (χ0n) is 18.6. The zero-order valence-corrected chi connectivity index (χ0v) is 18.6. The molecular formula is C27H32N2O2. The summed E-state index contributed by atoms with van der Waals surface area (Å²) in [7, 11) is 0. The molecule has 31 heavy (non-hydrogen) atoms. The van der Waals surface area contributed by atoms with Crippen molar-refractivity contribution in [3.8, 4) is 5.75 Å². The van der Waals surface area contributed by atoms with E-state index in [-0.39, 0.29) is 12.1 Å². The second-order valence-corrected chi connectivity index (χ2v) is 8.20. The summed E-state index contributed by atoms with van der Waals surface area (Å²) in [5.74, 6) is 0.943. The summed E-state index contributed by atoms with van der Waals surface area (Å²) in [5, 5.41) is 5.94. The second-order valence-electron chi connectivity index (χ2n) is 8.20. The molecular weight excluding hydrogens is 384 g/mol. The van der Waals surface area contributed by atoms with Crippen LogP contribution in [0.25, 0.3) is 10.8 Å². The number of carbonyl (C=O) groups excluding carboxylic acids is 1. The third-order valence-electron chi connectivity index (χ3n) is 5.98. The standard InChI is InChI=1S/C27H32N2O2/c1-3-5-11-19-31-24-17-16-20-12-7-8-13-21(20)25(24)26-28-23-15-10-9-14-22(23)27(30)29(26)18-6-4-2/h7-10,12-17,26,28H,3-6,11,18-19H2,1-2H3. The molecule has 1 aliphatic heterocycles. The summed E-state index contributed by atoms with van der Waals surface area (Å²) < 4.78 is 6.30. The first kappa shape index (κ1) is 21.2. The largest absolute Gasteiger partial charge is 0.493 e. The Balaban J connectivity index is 1.81. The first-order valence-electron chi connectivity index (χ1n) is 11.6. The maximum absolute atomic E-state index is 13.5. The van der Waals surface area contributed by atoms with Crippen molar-refractivity contribution < 1.29 is 9.53 Å². The number of hydrogen-bond donors (Lipinski definition) is 1. The molecule has 0 radical (unpaired) electrons. The van der Waals surface area contributed by atoms with Crippen molar-refractivity contribution in [2.24, 2.45) is 0 Å². The van der Waals surface area contributed by atoms with Gasteiger partial charge in [0.15, 0.2) is 0 Å². The van der Waals surface area contributed by atoms with Crippen LogP contribution in [0.2, 0.25) is 0 Å². The molecule has 0 aliphatic carbocycles. The van der Waals surface area contributed by atoms with Gasteiger partial charge >= 0.3 is 0 Å². The maximum Gasteiger partial charge on any atom is 0.257 e. The van der Waals surface area contributed by atoms with E-state index in [4.69, 9.17) is 4.74 Å². The SMILES string of the molecule is CCCCCOc1ccc2ccccc2c1C1Nc2ccccc2C(=O)N1CCCC. The number of unbranched alkanes of at least 4 members (excludes halogenated alkanes) is 3. The molecule has 162 valence electrons. The third kappa shape index (κ3) is 4.39. The van der Waals surface area contributed by atoms with Crippen LogP contribution in [0.1, 0.15) is 68.0 Å². The number of benzene rings is 3. The molecule has 1 amide bonds. The number of rotatable bonds is 9. The molecule has 0 bridgehead atoms. The molecule has 0 aromatic heterocycles. The lowest BCUT2D eigenvalue weighted by atomic mass is 9.97. The number of para-hydroxylation sites is 1. The fourth-order valence-corrected chi connectivity index (χ4v) is 4.30. The lowest BCUT2D eigenvalue weighted by Gasteiger charge is -2.39. The number of nitrogens with one attached hydrogen (secondary N) is 1. The Hall–Kier alpha value is -3.01. The summed E-state index contributed by atoms with van der Waals surface area (Å²) >= 11 is 0. The van der Waals surface area contributed by atoms with Crippen molar-refractivity contribution in [2.45, 2.75) is 52.1 Å².